The van der Waals surface area contributed by atoms with Crippen LogP contribution in [-0.2, 0) is 6.18 Å². The maximum Gasteiger partial charge on any atom is 0.416 e. The first-order chi connectivity index (χ1) is 8.45. The van der Waals surface area contributed by atoms with E-state index >= 15 is 0 Å². The van der Waals surface area contributed by atoms with E-state index < -0.39 is 17.8 Å². The second-order valence-electron chi connectivity index (χ2n) is 4.03. The number of alkyl halides is 3. The summed E-state index contributed by atoms with van der Waals surface area (Å²) in [6.45, 7) is 1.42. The first-order valence-electron chi connectivity index (χ1n) is 5.40. The Hall–Kier alpha value is -1.76. The van der Waals surface area contributed by atoms with E-state index in [2.05, 4.69) is 16.0 Å². The number of rotatable bonds is 2. The van der Waals surface area contributed by atoms with Crippen LogP contribution in [0.5, 0.6) is 0 Å². The molecule has 0 saturated carbocycles. The molecule has 0 atom stereocenters. The Balaban J connectivity index is 1.91. The summed E-state index contributed by atoms with van der Waals surface area (Å²) in [7, 11) is 0. The van der Waals surface area contributed by atoms with Crippen LogP contribution in [0.1, 0.15) is 5.56 Å². The van der Waals surface area contributed by atoms with E-state index in [9.17, 15) is 18.0 Å². The third kappa shape index (κ3) is 3.13. The fraction of sp³-hybridized carbons (Fsp3) is 0.364. The largest absolute Gasteiger partial charge is 0.416 e. The van der Waals surface area contributed by atoms with Gasteiger partial charge in [-0.15, -0.1) is 0 Å². The minimum Gasteiger partial charge on any atom is -0.333 e. The van der Waals surface area contributed by atoms with Gasteiger partial charge in [-0.3, -0.25) is 0 Å². The van der Waals surface area contributed by atoms with Gasteiger partial charge in [-0.1, -0.05) is 0 Å². The van der Waals surface area contributed by atoms with Gasteiger partial charge in [-0.25, -0.2) is 4.79 Å². The molecular formula is C11H12F3N3O. The monoisotopic (exact) mass is 259 g/mol. The quantitative estimate of drug-likeness (QED) is 0.758. The Bertz CT molecular complexity index is 426. The third-order valence-corrected chi connectivity index (χ3v) is 2.59. The van der Waals surface area contributed by atoms with Crippen molar-refractivity contribution in [1.29, 1.82) is 0 Å². The number of halogens is 3. The summed E-state index contributed by atoms with van der Waals surface area (Å²) in [5.74, 6) is 0. The third-order valence-electron chi connectivity index (χ3n) is 2.59. The van der Waals surface area contributed by atoms with Gasteiger partial charge in [-0.2, -0.15) is 13.2 Å². The lowest BCUT2D eigenvalue weighted by molar-refractivity contribution is -0.137. The Morgan fingerprint density at radius 2 is 1.83 bits per heavy atom. The van der Waals surface area contributed by atoms with Gasteiger partial charge in [0.15, 0.2) is 0 Å². The van der Waals surface area contributed by atoms with Crippen LogP contribution in [0, 0.1) is 0 Å². The van der Waals surface area contributed by atoms with E-state index in [0.717, 1.165) is 12.1 Å². The van der Waals surface area contributed by atoms with Crippen molar-refractivity contribution in [3.63, 3.8) is 0 Å². The fourth-order valence-electron chi connectivity index (χ4n) is 1.49. The zero-order valence-electron chi connectivity index (χ0n) is 9.34. The Labute approximate surface area is 102 Å². The van der Waals surface area contributed by atoms with E-state index in [0.29, 0.717) is 18.8 Å². The highest BCUT2D eigenvalue weighted by atomic mass is 19.4. The van der Waals surface area contributed by atoms with Crippen LogP contribution >= 0.6 is 0 Å². The summed E-state index contributed by atoms with van der Waals surface area (Å²) in [5.41, 5.74) is -0.413. The van der Waals surface area contributed by atoms with Crippen molar-refractivity contribution in [3.8, 4) is 0 Å². The van der Waals surface area contributed by atoms with Gasteiger partial charge in [-0.05, 0) is 24.3 Å². The number of carbonyl (C=O) groups excluding carboxylic acids is 1. The summed E-state index contributed by atoms with van der Waals surface area (Å²) in [6.07, 6.45) is -4.36. The summed E-state index contributed by atoms with van der Waals surface area (Å²) in [4.78, 5) is 11.4. The molecule has 0 radical (unpaired) electrons. The summed E-state index contributed by atoms with van der Waals surface area (Å²) < 4.78 is 36.9. The number of anilines is 1. The van der Waals surface area contributed by atoms with Gasteiger partial charge in [0, 0.05) is 18.8 Å². The SMILES string of the molecule is O=C(Nc1ccc(C(F)(F)F)cc1)NC1CNC1. The highest BCUT2D eigenvalue weighted by Crippen LogP contribution is 2.29. The molecule has 2 rings (SSSR count). The zero-order valence-corrected chi connectivity index (χ0v) is 9.34. The average molecular weight is 259 g/mol. The molecule has 98 valence electrons. The molecule has 18 heavy (non-hydrogen) atoms. The van der Waals surface area contributed by atoms with E-state index in [-0.39, 0.29) is 6.04 Å². The molecule has 3 N–H and O–H groups in total. The number of hydrogen-bond donors (Lipinski definition) is 3. The molecule has 1 saturated heterocycles. The molecule has 0 spiro atoms. The normalized spacial score (nSPS) is 15.9. The Kier molecular flexibility index (Phi) is 3.42. The number of nitrogens with one attached hydrogen (secondary N) is 3. The molecule has 2 amide bonds. The molecule has 0 aliphatic carbocycles. The average Bonchev–Trinajstić information content (AvgIpc) is 2.23. The molecule has 1 aliphatic rings. The molecule has 0 unspecified atom stereocenters. The van der Waals surface area contributed by atoms with Crippen molar-refractivity contribution in [2.45, 2.75) is 12.2 Å². The standard InChI is InChI=1S/C11H12F3N3O/c12-11(13,14)7-1-3-8(4-2-7)16-10(18)17-9-5-15-6-9/h1-4,9,15H,5-6H2,(H2,16,17,18). The first-order valence-corrected chi connectivity index (χ1v) is 5.40. The van der Waals surface area contributed by atoms with Crippen LogP contribution in [-0.4, -0.2) is 25.2 Å². The molecule has 7 heteroatoms. The highest BCUT2D eigenvalue weighted by molar-refractivity contribution is 5.89. The van der Waals surface area contributed by atoms with Crippen LogP contribution in [0.15, 0.2) is 24.3 Å². The molecule has 0 bridgehead atoms. The van der Waals surface area contributed by atoms with Crippen LogP contribution in [0.2, 0.25) is 0 Å². The predicted octanol–water partition coefficient (Wildman–Crippen LogP) is 1.80. The molecule has 1 aromatic rings. The Morgan fingerprint density at radius 3 is 2.28 bits per heavy atom. The zero-order chi connectivity index (χ0) is 13.2. The number of benzene rings is 1. The van der Waals surface area contributed by atoms with Crippen molar-refractivity contribution >= 4 is 11.7 Å². The van der Waals surface area contributed by atoms with Gasteiger partial charge < -0.3 is 16.0 Å². The van der Waals surface area contributed by atoms with Gasteiger partial charge in [0.05, 0.1) is 11.6 Å². The minimum absolute atomic E-state index is 0.0828. The van der Waals surface area contributed by atoms with Gasteiger partial charge >= 0.3 is 12.2 Å². The van der Waals surface area contributed by atoms with Crippen molar-refractivity contribution < 1.29 is 18.0 Å². The maximum atomic E-state index is 12.3. The Morgan fingerprint density at radius 1 is 1.22 bits per heavy atom. The second kappa shape index (κ2) is 4.85. The van der Waals surface area contributed by atoms with Crippen molar-refractivity contribution in [2.75, 3.05) is 18.4 Å². The van der Waals surface area contributed by atoms with E-state index in [1.807, 2.05) is 0 Å². The summed E-state index contributed by atoms with van der Waals surface area (Å²) >= 11 is 0. The lowest BCUT2D eigenvalue weighted by atomic mass is 10.2. The molecule has 4 nitrogen and oxygen atoms in total. The minimum atomic E-state index is -4.36. The lowest BCUT2D eigenvalue weighted by Gasteiger charge is -2.27. The topological polar surface area (TPSA) is 53.2 Å². The number of amides is 2. The predicted molar refractivity (Wildman–Crippen MR) is 60.3 cm³/mol. The van der Waals surface area contributed by atoms with Crippen molar-refractivity contribution in [2.24, 2.45) is 0 Å². The molecule has 0 aromatic heterocycles. The van der Waals surface area contributed by atoms with E-state index in [1.165, 1.54) is 12.1 Å². The second-order valence-corrected chi connectivity index (χ2v) is 4.03. The van der Waals surface area contributed by atoms with Crippen LogP contribution in [0.3, 0.4) is 0 Å². The molecule has 1 fully saturated rings. The molecule has 1 heterocycles. The van der Waals surface area contributed by atoms with Crippen molar-refractivity contribution in [1.82, 2.24) is 10.6 Å². The molecule has 1 aliphatic heterocycles. The van der Waals surface area contributed by atoms with Crippen LogP contribution < -0.4 is 16.0 Å². The lowest BCUT2D eigenvalue weighted by Crippen LogP contribution is -2.57. The van der Waals surface area contributed by atoms with Gasteiger partial charge in [0.1, 0.15) is 0 Å². The van der Waals surface area contributed by atoms with Crippen LogP contribution in [0.4, 0.5) is 23.7 Å². The highest BCUT2D eigenvalue weighted by Gasteiger charge is 2.30. The van der Waals surface area contributed by atoms with Crippen molar-refractivity contribution in [3.05, 3.63) is 29.8 Å². The smallest absolute Gasteiger partial charge is 0.333 e. The number of carbonyl (C=O) groups is 1. The van der Waals surface area contributed by atoms with Gasteiger partial charge in [0.25, 0.3) is 0 Å². The number of hydrogen-bond acceptors (Lipinski definition) is 2. The summed E-state index contributed by atoms with van der Waals surface area (Å²) in [5, 5.41) is 8.14. The first kappa shape index (κ1) is 12.7. The van der Waals surface area contributed by atoms with E-state index in [1.54, 1.807) is 0 Å². The summed E-state index contributed by atoms with van der Waals surface area (Å²) in [6, 6.07) is 3.98. The van der Waals surface area contributed by atoms with Crippen LogP contribution in [0.25, 0.3) is 0 Å². The number of urea groups is 1. The molecular weight excluding hydrogens is 247 g/mol. The fourth-order valence-corrected chi connectivity index (χ4v) is 1.49. The van der Waals surface area contributed by atoms with E-state index in [4.69, 9.17) is 0 Å². The molecule has 1 aromatic carbocycles. The van der Waals surface area contributed by atoms with Gasteiger partial charge in [0.2, 0.25) is 0 Å². The maximum absolute atomic E-state index is 12.3.